The van der Waals surface area contributed by atoms with Crippen LogP contribution < -0.4 is 21.3 Å². The van der Waals surface area contributed by atoms with Gasteiger partial charge in [0.2, 0.25) is 23.6 Å². The molecule has 0 saturated heterocycles. The van der Waals surface area contributed by atoms with Crippen molar-refractivity contribution in [2.24, 2.45) is 5.92 Å². The average Bonchev–Trinajstić information content (AvgIpc) is 3.00. The van der Waals surface area contributed by atoms with Crippen molar-refractivity contribution in [2.75, 3.05) is 5.32 Å². The van der Waals surface area contributed by atoms with Crippen molar-refractivity contribution in [2.45, 2.75) is 98.4 Å². The van der Waals surface area contributed by atoms with E-state index < -0.39 is 35.8 Å². The van der Waals surface area contributed by atoms with Gasteiger partial charge in [-0.2, -0.15) is 0 Å². The molecule has 0 aliphatic heterocycles. The van der Waals surface area contributed by atoms with Gasteiger partial charge < -0.3 is 26.0 Å². The number of benzene rings is 1. The van der Waals surface area contributed by atoms with Gasteiger partial charge in [0.1, 0.15) is 30.6 Å². The molecular formula is C33H44N6O6. The molecular weight excluding hydrogens is 576 g/mol. The Labute approximate surface area is 264 Å². The zero-order chi connectivity index (χ0) is 33.5. The van der Waals surface area contributed by atoms with Crippen molar-refractivity contribution in [3.05, 3.63) is 53.6 Å². The van der Waals surface area contributed by atoms with Gasteiger partial charge in [-0.1, -0.05) is 51.7 Å². The maximum Gasteiger partial charge on any atom is 0.308 e. The minimum atomic E-state index is -0.950. The number of ether oxygens (including phenoxy) is 1. The summed E-state index contributed by atoms with van der Waals surface area (Å²) in [5, 5.41) is 10.4. The van der Waals surface area contributed by atoms with E-state index in [2.05, 4.69) is 43.1 Å². The highest BCUT2D eigenvalue weighted by atomic mass is 16.5. The zero-order valence-corrected chi connectivity index (χ0v) is 27.0. The zero-order valence-electron chi connectivity index (χ0n) is 27.0. The third-order valence-corrected chi connectivity index (χ3v) is 6.48. The number of hydrogen-bond acceptors (Lipinski definition) is 8. The summed E-state index contributed by atoms with van der Waals surface area (Å²) in [7, 11) is 0. The summed E-state index contributed by atoms with van der Waals surface area (Å²) in [6, 6.07) is 4.07. The summed E-state index contributed by atoms with van der Waals surface area (Å²) in [6.07, 6.45) is 4.54. The number of carbonyl (C=O) groups is 5. The molecule has 2 aromatic rings. The van der Waals surface area contributed by atoms with Gasteiger partial charge in [0.25, 0.3) is 0 Å². The Balaban J connectivity index is 1.70. The molecule has 3 atom stereocenters. The van der Waals surface area contributed by atoms with Gasteiger partial charge in [-0.3, -0.25) is 24.0 Å². The van der Waals surface area contributed by atoms with Crippen LogP contribution >= 0.6 is 0 Å². The van der Waals surface area contributed by atoms with E-state index in [1.807, 2.05) is 13.8 Å². The van der Waals surface area contributed by atoms with E-state index in [1.165, 1.54) is 20.8 Å². The highest BCUT2D eigenvalue weighted by Crippen LogP contribution is 2.12. The van der Waals surface area contributed by atoms with E-state index in [0.717, 1.165) is 11.4 Å². The van der Waals surface area contributed by atoms with E-state index in [0.29, 0.717) is 24.1 Å². The van der Waals surface area contributed by atoms with E-state index in [-0.39, 0.29) is 36.7 Å². The van der Waals surface area contributed by atoms with Gasteiger partial charge in [-0.25, -0.2) is 9.97 Å². The number of unbranched alkanes of at least 4 members (excludes halogenated alkanes) is 1. The van der Waals surface area contributed by atoms with Crippen molar-refractivity contribution in [1.82, 2.24) is 25.9 Å². The summed E-state index contributed by atoms with van der Waals surface area (Å²) in [5.74, 6) is 4.59. The van der Waals surface area contributed by atoms with Crippen LogP contribution in [-0.2, 0) is 35.3 Å². The number of rotatable bonds is 14. The molecule has 0 fully saturated rings. The molecule has 1 heterocycles. The van der Waals surface area contributed by atoms with Gasteiger partial charge in [0, 0.05) is 36.8 Å². The van der Waals surface area contributed by atoms with Gasteiger partial charge in [0.15, 0.2) is 0 Å². The number of carbonyl (C=O) groups excluding carboxylic acids is 5. The minimum absolute atomic E-state index is 0.129. The molecule has 0 aliphatic rings. The van der Waals surface area contributed by atoms with Crippen molar-refractivity contribution >= 4 is 35.3 Å². The molecule has 12 heteroatoms. The smallest absolute Gasteiger partial charge is 0.308 e. The van der Waals surface area contributed by atoms with Crippen molar-refractivity contribution in [1.29, 1.82) is 0 Å². The highest BCUT2D eigenvalue weighted by molar-refractivity contribution is 5.98. The number of hydrogen-bond donors (Lipinski definition) is 4. The molecule has 0 radical (unpaired) electrons. The average molecular weight is 621 g/mol. The monoisotopic (exact) mass is 620 g/mol. The Morgan fingerprint density at radius 3 is 1.89 bits per heavy atom. The Morgan fingerprint density at radius 2 is 1.33 bits per heavy atom. The first-order chi connectivity index (χ1) is 21.3. The second-order valence-electron chi connectivity index (χ2n) is 11.3. The van der Waals surface area contributed by atoms with E-state index in [9.17, 15) is 24.0 Å². The molecule has 0 unspecified atom stereocenters. The molecule has 1 aromatic heterocycles. The van der Waals surface area contributed by atoms with Crippen LogP contribution in [0.1, 0.15) is 90.6 Å². The summed E-state index contributed by atoms with van der Waals surface area (Å²) in [4.78, 5) is 70.2. The predicted octanol–water partition coefficient (Wildman–Crippen LogP) is 2.97. The number of nitrogens with zero attached hydrogens (tertiary/aromatic N) is 2. The van der Waals surface area contributed by atoms with Crippen molar-refractivity contribution in [3.63, 3.8) is 0 Å². The Bertz CT molecular complexity index is 1380. The fourth-order valence-corrected chi connectivity index (χ4v) is 3.65. The van der Waals surface area contributed by atoms with Crippen LogP contribution in [0, 0.1) is 17.8 Å². The fourth-order valence-electron chi connectivity index (χ4n) is 3.65. The molecule has 0 aliphatic carbocycles. The third-order valence-electron chi connectivity index (χ3n) is 6.48. The summed E-state index contributed by atoms with van der Waals surface area (Å²) >= 11 is 0. The first-order valence-electron chi connectivity index (χ1n) is 15.0. The lowest BCUT2D eigenvalue weighted by Crippen LogP contribution is -2.54. The second kappa shape index (κ2) is 18.1. The van der Waals surface area contributed by atoms with Gasteiger partial charge in [-0.15, -0.1) is 0 Å². The lowest BCUT2D eigenvalue weighted by Gasteiger charge is -2.20. The summed E-state index contributed by atoms with van der Waals surface area (Å²) < 4.78 is 5.19. The quantitative estimate of drug-likeness (QED) is 0.142. The number of anilines is 1. The maximum atomic E-state index is 12.6. The largest absolute Gasteiger partial charge is 0.461 e. The van der Waals surface area contributed by atoms with Crippen LogP contribution in [0.25, 0.3) is 0 Å². The van der Waals surface area contributed by atoms with E-state index >= 15 is 0 Å². The van der Waals surface area contributed by atoms with Gasteiger partial charge >= 0.3 is 5.97 Å². The number of nitrogens with one attached hydrogen (secondary N) is 4. The topological polar surface area (TPSA) is 168 Å². The Hall–Kier alpha value is -4.79. The van der Waals surface area contributed by atoms with Gasteiger partial charge in [-0.05, 0) is 44.9 Å². The molecule has 4 N–H and O–H groups in total. The number of esters is 1. The minimum Gasteiger partial charge on any atom is -0.461 e. The molecule has 45 heavy (non-hydrogen) atoms. The molecule has 242 valence electrons. The standard InChI is InChI=1S/C33H44N6O6/c1-20(2)29-34-17-26(18-35-29)11-9-8-10-12-28(40)36-22(5)30(41)37-23(6)31(42)38-24(7)32(43)39-27-15-13-25(14-16-27)19-45-33(44)21(3)4/h13-18,20-24H,8,10,12,19H2,1-7H3,(H,36,40)(H,37,41)(H,38,42)(H,39,43)/t22-,23-,24-/m0/s1. The second-order valence-corrected chi connectivity index (χ2v) is 11.3. The maximum absolute atomic E-state index is 12.6. The normalized spacial score (nSPS) is 12.6. The molecule has 0 spiro atoms. The van der Waals surface area contributed by atoms with Crippen LogP contribution in [0.15, 0.2) is 36.7 Å². The molecule has 2 rings (SSSR count). The van der Waals surface area contributed by atoms with Crippen LogP contribution in [0.3, 0.4) is 0 Å². The van der Waals surface area contributed by atoms with Crippen LogP contribution in [0.5, 0.6) is 0 Å². The Kier molecular flexibility index (Phi) is 14.7. The molecule has 12 nitrogen and oxygen atoms in total. The molecule has 4 amide bonds. The van der Waals surface area contributed by atoms with Gasteiger partial charge in [0.05, 0.1) is 11.5 Å². The number of aromatic nitrogens is 2. The predicted molar refractivity (Wildman–Crippen MR) is 169 cm³/mol. The highest BCUT2D eigenvalue weighted by Gasteiger charge is 2.23. The Morgan fingerprint density at radius 1 is 0.778 bits per heavy atom. The molecule has 0 saturated carbocycles. The van der Waals surface area contributed by atoms with Crippen molar-refractivity contribution < 1.29 is 28.7 Å². The fraction of sp³-hybridized carbons (Fsp3) is 0.485. The first kappa shape index (κ1) is 36.4. The lowest BCUT2D eigenvalue weighted by atomic mass is 10.2. The van der Waals surface area contributed by atoms with Crippen LogP contribution in [0.2, 0.25) is 0 Å². The van der Waals surface area contributed by atoms with Crippen LogP contribution in [-0.4, -0.2) is 57.7 Å². The summed E-state index contributed by atoms with van der Waals surface area (Å²) in [5.41, 5.74) is 1.97. The first-order valence-corrected chi connectivity index (χ1v) is 15.0. The number of amides is 4. The van der Waals surface area contributed by atoms with E-state index in [4.69, 9.17) is 4.74 Å². The lowest BCUT2D eigenvalue weighted by molar-refractivity contribution is -0.148. The summed E-state index contributed by atoms with van der Waals surface area (Å²) in [6.45, 7) is 12.2. The van der Waals surface area contributed by atoms with E-state index in [1.54, 1.807) is 50.5 Å². The SMILES string of the molecule is CC(C)C(=O)OCc1ccc(NC(=O)[C@H](C)NC(=O)[C@H](C)NC(=O)[C@H](C)NC(=O)CCCC#Cc2cnc(C(C)C)nc2)cc1. The molecule has 0 bridgehead atoms. The van der Waals surface area contributed by atoms with Crippen molar-refractivity contribution in [3.8, 4) is 11.8 Å². The third kappa shape index (κ3) is 13.2. The van der Waals surface area contributed by atoms with Crippen LogP contribution in [0.4, 0.5) is 5.69 Å². The molecule has 1 aromatic carbocycles.